The quantitative estimate of drug-likeness (QED) is 0.829. The minimum atomic E-state index is -1.13. The third-order valence-electron chi connectivity index (χ3n) is 3.81. The van der Waals surface area contributed by atoms with Crippen LogP contribution in [0.4, 0.5) is 0 Å². The second-order valence-electron chi connectivity index (χ2n) is 5.42. The van der Waals surface area contributed by atoms with Crippen molar-refractivity contribution >= 4 is 17.6 Å². The van der Waals surface area contributed by atoms with Crippen LogP contribution in [0.5, 0.6) is 11.5 Å². The first-order valence-electron chi connectivity index (χ1n) is 7.55. The first-order valence-corrected chi connectivity index (χ1v) is 7.93. The number of carboxylic acid groups (broad SMARTS) is 1. The zero-order chi connectivity index (χ0) is 17.3. The summed E-state index contributed by atoms with van der Waals surface area (Å²) in [5.41, 5.74) is 0.833. The maximum absolute atomic E-state index is 11.6. The van der Waals surface area contributed by atoms with Crippen molar-refractivity contribution in [3.05, 3.63) is 39.9 Å². The van der Waals surface area contributed by atoms with Crippen LogP contribution in [0.2, 0.25) is 5.02 Å². The van der Waals surface area contributed by atoms with Gasteiger partial charge in [-0.25, -0.2) is 9.78 Å². The molecule has 0 unspecified atom stereocenters. The fourth-order valence-corrected chi connectivity index (χ4v) is 2.95. The summed E-state index contributed by atoms with van der Waals surface area (Å²) in [6, 6.07) is 3.40. The Morgan fingerprint density at radius 2 is 2.08 bits per heavy atom. The van der Waals surface area contributed by atoms with Gasteiger partial charge in [0, 0.05) is 17.5 Å². The molecule has 0 saturated carbocycles. The van der Waals surface area contributed by atoms with E-state index in [9.17, 15) is 15.0 Å². The molecule has 0 saturated heterocycles. The fraction of sp³-hybridized carbons (Fsp3) is 0.375. The minimum absolute atomic E-state index is 0.0188. The third kappa shape index (κ3) is 2.92. The average molecular weight is 353 g/mol. The molecule has 0 aliphatic carbocycles. The monoisotopic (exact) mass is 352 g/mol. The van der Waals surface area contributed by atoms with Crippen LogP contribution in [0.3, 0.4) is 0 Å². The molecule has 0 amide bonds. The Hall–Kier alpha value is -2.25. The highest BCUT2D eigenvalue weighted by Crippen LogP contribution is 2.37. The highest BCUT2D eigenvalue weighted by atomic mass is 35.5. The predicted molar refractivity (Wildman–Crippen MR) is 85.8 cm³/mol. The van der Waals surface area contributed by atoms with Gasteiger partial charge in [-0.3, -0.25) is 0 Å². The Balaban J connectivity index is 2.06. The van der Waals surface area contributed by atoms with Crippen LogP contribution in [0.1, 0.15) is 40.9 Å². The van der Waals surface area contributed by atoms with E-state index in [-0.39, 0.29) is 24.7 Å². The molecule has 0 fully saturated rings. The van der Waals surface area contributed by atoms with Gasteiger partial charge >= 0.3 is 5.97 Å². The normalized spacial score (nSPS) is 12.6. The molecule has 0 atom stereocenters. The Morgan fingerprint density at radius 3 is 2.71 bits per heavy atom. The lowest BCUT2D eigenvalue weighted by molar-refractivity contribution is 0.0681. The molecule has 0 bridgehead atoms. The molecule has 2 aromatic rings. The summed E-state index contributed by atoms with van der Waals surface area (Å²) in [5.74, 6) is 0.613. The lowest BCUT2D eigenvalue weighted by Gasteiger charge is -2.12. The summed E-state index contributed by atoms with van der Waals surface area (Å²) in [6.07, 6.45) is 1.40. The van der Waals surface area contributed by atoms with Gasteiger partial charge in [0.05, 0.1) is 18.8 Å². The van der Waals surface area contributed by atoms with Crippen molar-refractivity contribution < 1.29 is 24.5 Å². The van der Waals surface area contributed by atoms with E-state index in [1.807, 2.05) is 6.92 Å². The van der Waals surface area contributed by atoms with Gasteiger partial charge in [0.15, 0.2) is 17.2 Å². The summed E-state index contributed by atoms with van der Waals surface area (Å²) >= 11 is 6.29. The molecule has 128 valence electrons. The van der Waals surface area contributed by atoms with Crippen LogP contribution in [0.15, 0.2) is 12.1 Å². The molecule has 1 aliphatic rings. The highest BCUT2D eigenvalue weighted by Gasteiger charge is 2.24. The van der Waals surface area contributed by atoms with Gasteiger partial charge in [0.1, 0.15) is 5.82 Å². The standard InChI is InChI=1S/C16H17ClN2O5/c1-2-3-14-18-11(7-20)15(16(21)22)19(14)6-9-4-12-13(5-10(9)17)24-8-23-12/h4-5,20H,2-3,6-8H2,1H3,(H,21,22). The van der Waals surface area contributed by atoms with E-state index in [4.69, 9.17) is 21.1 Å². The van der Waals surface area contributed by atoms with E-state index in [1.54, 1.807) is 16.7 Å². The number of fused-ring (bicyclic) bond motifs is 1. The van der Waals surface area contributed by atoms with Gasteiger partial charge < -0.3 is 24.3 Å². The van der Waals surface area contributed by atoms with Crippen LogP contribution in [0.25, 0.3) is 0 Å². The number of aliphatic hydroxyl groups is 1. The van der Waals surface area contributed by atoms with Gasteiger partial charge in [-0.2, -0.15) is 0 Å². The SMILES string of the molecule is CCCc1nc(CO)c(C(=O)O)n1Cc1cc2c(cc1Cl)OCO2. The van der Waals surface area contributed by atoms with Crippen LogP contribution in [0, 0.1) is 0 Å². The number of ether oxygens (including phenoxy) is 2. The minimum Gasteiger partial charge on any atom is -0.477 e. The number of carbonyl (C=O) groups is 1. The van der Waals surface area contributed by atoms with E-state index in [2.05, 4.69) is 4.98 Å². The largest absolute Gasteiger partial charge is 0.477 e. The van der Waals surface area contributed by atoms with Crippen LogP contribution in [-0.2, 0) is 19.6 Å². The maximum atomic E-state index is 11.6. The number of nitrogens with zero attached hydrogens (tertiary/aromatic N) is 2. The number of rotatable bonds is 6. The fourth-order valence-electron chi connectivity index (χ4n) is 2.74. The van der Waals surface area contributed by atoms with Crippen molar-refractivity contribution in [3.63, 3.8) is 0 Å². The van der Waals surface area contributed by atoms with Gasteiger partial charge in [0.25, 0.3) is 0 Å². The van der Waals surface area contributed by atoms with E-state index in [0.29, 0.717) is 34.3 Å². The van der Waals surface area contributed by atoms with Crippen molar-refractivity contribution in [3.8, 4) is 11.5 Å². The topological polar surface area (TPSA) is 93.8 Å². The van der Waals surface area contributed by atoms with E-state index in [0.717, 1.165) is 6.42 Å². The highest BCUT2D eigenvalue weighted by molar-refractivity contribution is 6.31. The molecule has 0 spiro atoms. The number of hydrogen-bond acceptors (Lipinski definition) is 5. The second kappa shape index (κ2) is 6.70. The van der Waals surface area contributed by atoms with Crippen LogP contribution < -0.4 is 9.47 Å². The zero-order valence-electron chi connectivity index (χ0n) is 13.1. The molecule has 3 rings (SSSR count). The van der Waals surface area contributed by atoms with E-state index in [1.165, 1.54) is 0 Å². The van der Waals surface area contributed by atoms with Crippen LogP contribution >= 0.6 is 11.6 Å². The molecule has 2 heterocycles. The maximum Gasteiger partial charge on any atom is 0.354 e. The van der Waals surface area contributed by atoms with Gasteiger partial charge in [-0.05, 0) is 18.1 Å². The number of aliphatic hydroxyl groups excluding tert-OH is 1. The average Bonchev–Trinajstić information content (AvgIpc) is 3.12. The first-order chi connectivity index (χ1) is 11.5. The predicted octanol–water partition coefficient (Wildman–Crippen LogP) is 2.46. The summed E-state index contributed by atoms with van der Waals surface area (Å²) in [7, 11) is 0. The lowest BCUT2D eigenvalue weighted by Crippen LogP contribution is -2.14. The Bertz CT molecular complexity index is 787. The Labute approximate surface area is 143 Å². The number of aromatic nitrogens is 2. The van der Waals surface area contributed by atoms with Crippen LogP contribution in [-0.4, -0.2) is 32.5 Å². The Kier molecular flexibility index (Phi) is 4.64. The number of benzene rings is 1. The van der Waals surface area contributed by atoms with Gasteiger partial charge in [0.2, 0.25) is 6.79 Å². The number of carboxylic acids is 1. The molecular weight excluding hydrogens is 336 g/mol. The number of halogens is 1. The molecule has 1 aliphatic heterocycles. The molecule has 8 heteroatoms. The molecule has 2 N–H and O–H groups in total. The number of aromatic carboxylic acids is 1. The molecule has 1 aromatic heterocycles. The summed E-state index contributed by atoms with van der Waals surface area (Å²) in [4.78, 5) is 15.9. The van der Waals surface area contributed by atoms with Crippen molar-refractivity contribution in [2.24, 2.45) is 0 Å². The molecule has 0 radical (unpaired) electrons. The molecule has 7 nitrogen and oxygen atoms in total. The van der Waals surface area contributed by atoms with Gasteiger partial charge in [-0.15, -0.1) is 0 Å². The number of aryl methyl sites for hydroxylation is 1. The number of hydrogen-bond donors (Lipinski definition) is 2. The zero-order valence-corrected chi connectivity index (χ0v) is 13.8. The summed E-state index contributed by atoms with van der Waals surface area (Å²) in [6.45, 7) is 1.90. The number of imidazole rings is 1. The first kappa shape index (κ1) is 16.6. The van der Waals surface area contributed by atoms with Crippen molar-refractivity contribution in [1.29, 1.82) is 0 Å². The van der Waals surface area contributed by atoms with E-state index >= 15 is 0 Å². The summed E-state index contributed by atoms with van der Waals surface area (Å²) < 4.78 is 12.2. The van der Waals surface area contributed by atoms with Crippen molar-refractivity contribution in [2.75, 3.05) is 6.79 Å². The molecule has 24 heavy (non-hydrogen) atoms. The van der Waals surface area contributed by atoms with E-state index < -0.39 is 12.6 Å². The second-order valence-corrected chi connectivity index (χ2v) is 5.83. The molecule has 1 aromatic carbocycles. The lowest BCUT2D eigenvalue weighted by atomic mass is 10.2. The summed E-state index contributed by atoms with van der Waals surface area (Å²) in [5, 5.41) is 19.4. The smallest absolute Gasteiger partial charge is 0.354 e. The van der Waals surface area contributed by atoms with Gasteiger partial charge in [-0.1, -0.05) is 18.5 Å². The van der Waals surface area contributed by atoms with Crippen molar-refractivity contribution in [2.45, 2.75) is 32.9 Å². The van der Waals surface area contributed by atoms with Crippen molar-refractivity contribution in [1.82, 2.24) is 9.55 Å². The Morgan fingerprint density at radius 1 is 1.38 bits per heavy atom. The third-order valence-corrected chi connectivity index (χ3v) is 4.17. The molecular formula is C16H17ClN2O5.